The third-order valence-electron chi connectivity index (χ3n) is 4.79. The lowest BCUT2D eigenvalue weighted by Crippen LogP contribution is -2.45. The number of nitrogens with zero attached hydrogens (tertiary/aromatic N) is 3. The van der Waals surface area contributed by atoms with E-state index in [9.17, 15) is 23.1 Å². The Hall–Kier alpha value is -1.45. The fraction of sp³-hybridized carbons (Fsp3) is 0.714. The van der Waals surface area contributed by atoms with Crippen molar-refractivity contribution in [2.45, 2.75) is 31.3 Å². The second-order valence-corrected chi connectivity index (χ2v) is 8.50. The zero-order valence-corrected chi connectivity index (χ0v) is 14.8. The minimum atomic E-state index is -4.09. The van der Waals surface area contributed by atoms with Crippen LogP contribution in [-0.4, -0.2) is 45.7 Å². The molecule has 2 atom stereocenters. The molecule has 1 aromatic heterocycles. The second-order valence-electron chi connectivity index (χ2n) is 6.60. The maximum atomic E-state index is 12.8. The Balaban J connectivity index is 2.54. The third-order valence-corrected chi connectivity index (χ3v) is 6.59. The number of aryl methyl sites for hydroxylation is 1. The maximum absolute atomic E-state index is 12.8. The van der Waals surface area contributed by atoms with Gasteiger partial charge in [0.2, 0.25) is 10.0 Å². The van der Waals surface area contributed by atoms with E-state index < -0.39 is 31.8 Å². The highest BCUT2D eigenvalue weighted by Gasteiger charge is 2.49. The Morgan fingerprint density at radius 2 is 1.87 bits per heavy atom. The van der Waals surface area contributed by atoms with Gasteiger partial charge in [-0.15, -0.1) is 0 Å². The molecule has 0 saturated carbocycles. The van der Waals surface area contributed by atoms with Crippen molar-refractivity contribution < 1.29 is 13.5 Å². The molecule has 1 aliphatic rings. The summed E-state index contributed by atoms with van der Waals surface area (Å²) in [5, 5.41) is 10.7. The molecular formula is C14H23N3O5S. The molecule has 9 heteroatoms. The Morgan fingerprint density at radius 1 is 1.30 bits per heavy atom. The average Bonchev–Trinajstić information content (AvgIpc) is 2.78. The van der Waals surface area contributed by atoms with Crippen molar-refractivity contribution in [3.05, 3.63) is 27.0 Å². The summed E-state index contributed by atoms with van der Waals surface area (Å²) in [5.41, 5.74) is -2.60. The van der Waals surface area contributed by atoms with Gasteiger partial charge in [-0.1, -0.05) is 20.8 Å². The van der Waals surface area contributed by atoms with E-state index >= 15 is 0 Å². The molecule has 0 amide bonds. The van der Waals surface area contributed by atoms with Gasteiger partial charge >= 0.3 is 5.69 Å². The topological polar surface area (TPSA) is 102 Å². The molecule has 1 saturated heterocycles. The Kier molecular flexibility index (Phi) is 4.33. The van der Waals surface area contributed by atoms with Gasteiger partial charge in [0.1, 0.15) is 0 Å². The van der Waals surface area contributed by atoms with Gasteiger partial charge in [0.15, 0.2) is 4.90 Å². The highest BCUT2D eigenvalue weighted by atomic mass is 32.2. The Bertz CT molecular complexity index is 839. The van der Waals surface area contributed by atoms with Crippen LogP contribution < -0.4 is 11.2 Å². The Labute approximate surface area is 135 Å². The zero-order valence-electron chi connectivity index (χ0n) is 14.0. The fourth-order valence-corrected chi connectivity index (χ4v) is 4.72. The van der Waals surface area contributed by atoms with E-state index in [0.717, 1.165) is 19.6 Å². The highest BCUT2D eigenvalue weighted by molar-refractivity contribution is 7.89. The van der Waals surface area contributed by atoms with Crippen LogP contribution in [0.5, 0.6) is 0 Å². The first kappa shape index (κ1) is 17.9. The number of β-amino-alcohol motifs (C(OH)–C–C–N with tert-alkyl or cyclic N) is 1. The summed E-state index contributed by atoms with van der Waals surface area (Å²) >= 11 is 0. The summed E-state index contributed by atoms with van der Waals surface area (Å²) < 4.78 is 28.6. The smallest absolute Gasteiger partial charge is 0.330 e. The standard InChI is InChI=1S/C14H23N3O5S/c1-9(2)14(20)8-17(6-10(14)3)23(21,22)11-7-15(4)13(19)16(5)12(11)18/h7,9-10,20H,6,8H2,1-5H3/t10-,14-/m0/s1. The second kappa shape index (κ2) is 5.57. The summed E-state index contributed by atoms with van der Waals surface area (Å²) in [5.74, 6) is -0.380. The summed E-state index contributed by atoms with van der Waals surface area (Å²) in [4.78, 5) is 23.5. The van der Waals surface area contributed by atoms with E-state index in [4.69, 9.17) is 0 Å². The molecule has 0 unspecified atom stereocenters. The zero-order chi connectivity index (χ0) is 17.7. The lowest BCUT2D eigenvalue weighted by atomic mass is 9.82. The molecule has 0 spiro atoms. The van der Waals surface area contributed by atoms with Gasteiger partial charge in [0.05, 0.1) is 5.60 Å². The van der Waals surface area contributed by atoms with Crippen LogP contribution in [0.2, 0.25) is 0 Å². The predicted octanol–water partition coefficient (Wildman–Crippen LogP) is -0.888. The number of rotatable bonds is 3. The van der Waals surface area contributed by atoms with Gasteiger partial charge in [-0.3, -0.25) is 9.36 Å². The van der Waals surface area contributed by atoms with Gasteiger partial charge in [-0.25, -0.2) is 13.2 Å². The quantitative estimate of drug-likeness (QED) is 0.766. The van der Waals surface area contributed by atoms with Crippen molar-refractivity contribution in [3.63, 3.8) is 0 Å². The van der Waals surface area contributed by atoms with E-state index in [2.05, 4.69) is 0 Å². The van der Waals surface area contributed by atoms with Crippen LogP contribution in [0, 0.1) is 11.8 Å². The molecule has 0 bridgehead atoms. The summed E-state index contributed by atoms with van der Waals surface area (Å²) in [6.45, 7) is 5.51. The number of aromatic nitrogens is 2. The average molecular weight is 345 g/mol. The fourth-order valence-electron chi connectivity index (χ4n) is 2.99. The molecule has 1 fully saturated rings. The predicted molar refractivity (Wildman–Crippen MR) is 84.6 cm³/mol. The number of hydrogen-bond donors (Lipinski definition) is 1. The van der Waals surface area contributed by atoms with Gasteiger partial charge in [0, 0.05) is 39.3 Å². The van der Waals surface area contributed by atoms with E-state index in [-0.39, 0.29) is 24.9 Å². The molecule has 2 heterocycles. The first-order valence-electron chi connectivity index (χ1n) is 7.42. The molecule has 1 aromatic rings. The van der Waals surface area contributed by atoms with Gasteiger partial charge in [-0.2, -0.15) is 4.31 Å². The van der Waals surface area contributed by atoms with Crippen molar-refractivity contribution in [1.82, 2.24) is 13.4 Å². The van der Waals surface area contributed by atoms with Crippen molar-refractivity contribution in [1.29, 1.82) is 0 Å². The molecule has 8 nitrogen and oxygen atoms in total. The largest absolute Gasteiger partial charge is 0.388 e. The van der Waals surface area contributed by atoms with Crippen LogP contribution >= 0.6 is 0 Å². The van der Waals surface area contributed by atoms with Crippen LogP contribution in [0.25, 0.3) is 0 Å². The van der Waals surface area contributed by atoms with E-state index in [0.29, 0.717) is 0 Å². The van der Waals surface area contributed by atoms with E-state index in [1.54, 1.807) is 6.92 Å². The number of hydrogen-bond acceptors (Lipinski definition) is 5. The molecule has 1 N–H and O–H groups in total. The maximum Gasteiger partial charge on any atom is 0.330 e. The van der Waals surface area contributed by atoms with Crippen LogP contribution in [-0.2, 0) is 24.1 Å². The molecule has 1 aliphatic heterocycles. The van der Waals surface area contributed by atoms with E-state index in [1.165, 1.54) is 14.1 Å². The van der Waals surface area contributed by atoms with Crippen molar-refractivity contribution in [2.75, 3.05) is 13.1 Å². The van der Waals surface area contributed by atoms with Crippen molar-refractivity contribution >= 4 is 10.0 Å². The molecular weight excluding hydrogens is 322 g/mol. The van der Waals surface area contributed by atoms with Crippen molar-refractivity contribution in [3.8, 4) is 0 Å². The molecule has 0 aliphatic carbocycles. The minimum absolute atomic E-state index is 0.0693. The monoisotopic (exact) mass is 345 g/mol. The molecule has 2 rings (SSSR count). The number of aliphatic hydroxyl groups is 1. The normalized spacial score (nSPS) is 26.1. The lowest BCUT2D eigenvalue weighted by Gasteiger charge is -2.31. The summed E-state index contributed by atoms with van der Waals surface area (Å²) in [7, 11) is -1.46. The lowest BCUT2D eigenvalue weighted by molar-refractivity contribution is -0.0222. The summed E-state index contributed by atoms with van der Waals surface area (Å²) in [6.07, 6.45) is 1.04. The highest BCUT2D eigenvalue weighted by Crippen LogP contribution is 2.36. The van der Waals surface area contributed by atoms with Crippen molar-refractivity contribution in [2.24, 2.45) is 25.9 Å². The Morgan fingerprint density at radius 3 is 2.35 bits per heavy atom. The summed E-state index contributed by atoms with van der Waals surface area (Å²) in [6, 6.07) is 0. The molecule has 130 valence electrons. The first-order valence-corrected chi connectivity index (χ1v) is 8.86. The molecule has 0 radical (unpaired) electrons. The van der Waals surface area contributed by atoms with Crippen LogP contribution in [0.3, 0.4) is 0 Å². The van der Waals surface area contributed by atoms with Crippen LogP contribution in [0.4, 0.5) is 0 Å². The first-order chi connectivity index (χ1) is 10.4. The number of sulfonamides is 1. The van der Waals surface area contributed by atoms with Gasteiger partial charge < -0.3 is 9.67 Å². The third kappa shape index (κ3) is 2.66. The minimum Gasteiger partial charge on any atom is -0.388 e. The SMILES string of the molecule is CC(C)[C@@]1(O)CN(S(=O)(=O)c2cn(C)c(=O)n(C)c2=O)C[C@@H]1C. The molecule has 23 heavy (non-hydrogen) atoms. The van der Waals surface area contributed by atoms with Crippen LogP contribution in [0.1, 0.15) is 20.8 Å². The van der Waals surface area contributed by atoms with E-state index in [1.807, 2.05) is 13.8 Å². The van der Waals surface area contributed by atoms with Crippen LogP contribution in [0.15, 0.2) is 20.7 Å². The van der Waals surface area contributed by atoms with Gasteiger partial charge in [0.25, 0.3) is 5.56 Å². The molecule has 0 aromatic carbocycles. The van der Waals surface area contributed by atoms with Gasteiger partial charge in [-0.05, 0) is 5.92 Å².